The van der Waals surface area contributed by atoms with E-state index in [9.17, 15) is 21.6 Å². The van der Waals surface area contributed by atoms with Gasteiger partial charge in [-0.2, -0.15) is 4.31 Å². The summed E-state index contributed by atoms with van der Waals surface area (Å²) in [6, 6.07) is 11.7. The summed E-state index contributed by atoms with van der Waals surface area (Å²) < 4.78 is 56.8. The maximum atomic E-state index is 12.8. The van der Waals surface area contributed by atoms with Crippen LogP contribution in [0.25, 0.3) is 0 Å². The van der Waals surface area contributed by atoms with Gasteiger partial charge in [-0.25, -0.2) is 16.8 Å². The number of hydrogen-bond donors (Lipinski definition) is 1. The van der Waals surface area contributed by atoms with Crippen LogP contribution in [0.3, 0.4) is 0 Å². The summed E-state index contributed by atoms with van der Waals surface area (Å²) in [6.07, 6.45) is 3.20. The SMILES string of the molecule is C=CCN(CC=C)S(=O)(=O)c1ccc(C(=O)Nc2nnc(Cc3ccc(S(=O)(=O)C(C)C)cc3)o2)cc1. The lowest BCUT2D eigenvalue weighted by Crippen LogP contribution is -2.31. The standard InChI is InChI=1S/C25H28N4O6S2/c1-5-15-29(16-6-2)37(33,34)22-13-9-20(10-14-22)24(30)26-25-28-27-23(35-25)17-19-7-11-21(12-8-19)36(31,32)18(3)4/h5-14,18H,1-2,15-17H2,3-4H3,(H,26,28,30). The number of benzene rings is 2. The number of nitrogens with one attached hydrogen (secondary N) is 1. The van der Waals surface area contributed by atoms with E-state index in [0.717, 1.165) is 5.56 Å². The second kappa shape index (κ2) is 11.6. The first-order valence-electron chi connectivity index (χ1n) is 11.3. The summed E-state index contributed by atoms with van der Waals surface area (Å²) in [7, 11) is -7.15. The van der Waals surface area contributed by atoms with Crippen molar-refractivity contribution in [1.29, 1.82) is 0 Å². The van der Waals surface area contributed by atoms with E-state index in [-0.39, 0.29) is 46.8 Å². The molecule has 0 fully saturated rings. The average Bonchev–Trinajstić information content (AvgIpc) is 3.30. The zero-order chi connectivity index (χ0) is 27.2. The molecule has 1 heterocycles. The van der Waals surface area contributed by atoms with Crippen molar-refractivity contribution in [3.63, 3.8) is 0 Å². The van der Waals surface area contributed by atoms with Gasteiger partial charge < -0.3 is 4.42 Å². The van der Waals surface area contributed by atoms with E-state index in [2.05, 4.69) is 28.7 Å². The van der Waals surface area contributed by atoms with Gasteiger partial charge in [-0.15, -0.1) is 18.3 Å². The van der Waals surface area contributed by atoms with Gasteiger partial charge in [0.25, 0.3) is 5.91 Å². The lowest BCUT2D eigenvalue weighted by molar-refractivity contribution is 0.102. The zero-order valence-corrected chi connectivity index (χ0v) is 22.1. The molecule has 12 heteroatoms. The smallest absolute Gasteiger partial charge is 0.322 e. The first-order valence-corrected chi connectivity index (χ1v) is 14.3. The molecule has 2 aromatic carbocycles. The second-order valence-corrected chi connectivity index (χ2v) is 12.7. The second-order valence-electron chi connectivity index (χ2n) is 8.29. The van der Waals surface area contributed by atoms with E-state index >= 15 is 0 Å². The molecule has 0 bridgehead atoms. The Bertz CT molecular complexity index is 1470. The van der Waals surface area contributed by atoms with E-state index in [1.165, 1.54) is 52.9 Å². The third kappa shape index (κ3) is 6.59. The van der Waals surface area contributed by atoms with Gasteiger partial charge >= 0.3 is 6.01 Å². The fourth-order valence-electron chi connectivity index (χ4n) is 3.27. The molecule has 0 radical (unpaired) electrons. The van der Waals surface area contributed by atoms with E-state index < -0.39 is 31.0 Å². The van der Waals surface area contributed by atoms with Crippen LogP contribution in [0.15, 0.2) is 88.0 Å². The van der Waals surface area contributed by atoms with E-state index in [4.69, 9.17) is 4.42 Å². The van der Waals surface area contributed by atoms with Gasteiger partial charge in [0.05, 0.1) is 21.5 Å². The van der Waals surface area contributed by atoms with Crippen molar-refractivity contribution in [2.75, 3.05) is 18.4 Å². The van der Waals surface area contributed by atoms with Crippen LogP contribution in [0.5, 0.6) is 0 Å². The van der Waals surface area contributed by atoms with Crippen molar-refractivity contribution in [3.8, 4) is 0 Å². The largest absolute Gasteiger partial charge is 0.407 e. The molecule has 0 spiro atoms. The summed E-state index contributed by atoms with van der Waals surface area (Å²) in [5.74, 6) is -0.336. The molecule has 1 N–H and O–H groups in total. The first-order chi connectivity index (χ1) is 17.5. The number of sulfonamides is 1. The van der Waals surface area contributed by atoms with Crippen LogP contribution in [0, 0.1) is 0 Å². The Kier molecular flexibility index (Phi) is 8.79. The monoisotopic (exact) mass is 544 g/mol. The highest BCUT2D eigenvalue weighted by molar-refractivity contribution is 7.92. The fourth-order valence-corrected chi connectivity index (χ4v) is 5.72. The van der Waals surface area contributed by atoms with Crippen molar-refractivity contribution in [2.24, 2.45) is 0 Å². The lowest BCUT2D eigenvalue weighted by atomic mass is 10.1. The Morgan fingerprint density at radius 1 is 0.946 bits per heavy atom. The lowest BCUT2D eigenvalue weighted by Gasteiger charge is -2.19. The molecule has 0 unspecified atom stereocenters. The van der Waals surface area contributed by atoms with Crippen LogP contribution >= 0.6 is 0 Å². The summed E-state index contributed by atoms with van der Waals surface area (Å²) in [5, 5.41) is 9.68. The van der Waals surface area contributed by atoms with E-state index in [0.29, 0.717) is 0 Å². The summed E-state index contributed by atoms with van der Waals surface area (Å²) in [6.45, 7) is 10.6. The molecule has 3 aromatic rings. The topological polar surface area (TPSA) is 140 Å². The first kappa shape index (κ1) is 28.0. The van der Waals surface area contributed by atoms with Gasteiger partial charge in [0, 0.05) is 18.7 Å². The number of nitrogens with zero attached hydrogens (tertiary/aromatic N) is 3. The van der Waals surface area contributed by atoms with Crippen LogP contribution in [0.4, 0.5) is 6.01 Å². The third-order valence-electron chi connectivity index (χ3n) is 5.33. The highest BCUT2D eigenvalue weighted by Crippen LogP contribution is 2.20. The van der Waals surface area contributed by atoms with Gasteiger partial charge in [-0.1, -0.05) is 29.4 Å². The molecule has 10 nitrogen and oxygen atoms in total. The predicted octanol–water partition coefficient (Wildman–Crippen LogP) is 3.46. The molecular formula is C25H28N4O6S2. The van der Waals surface area contributed by atoms with E-state index in [1.54, 1.807) is 26.0 Å². The number of amides is 1. The van der Waals surface area contributed by atoms with Crippen molar-refractivity contribution < 1.29 is 26.0 Å². The van der Waals surface area contributed by atoms with Gasteiger partial charge in [0.2, 0.25) is 15.9 Å². The molecule has 0 saturated carbocycles. The molecular weight excluding hydrogens is 516 g/mol. The predicted molar refractivity (Wildman–Crippen MR) is 139 cm³/mol. The molecule has 1 aromatic heterocycles. The molecule has 3 rings (SSSR count). The molecule has 0 atom stereocenters. The number of sulfone groups is 1. The van der Waals surface area contributed by atoms with Crippen molar-refractivity contribution in [1.82, 2.24) is 14.5 Å². The minimum absolute atomic E-state index is 0.0278. The number of aromatic nitrogens is 2. The van der Waals surface area contributed by atoms with Gasteiger partial charge in [-0.3, -0.25) is 10.1 Å². The van der Waals surface area contributed by atoms with Gasteiger partial charge in [0.15, 0.2) is 9.84 Å². The highest BCUT2D eigenvalue weighted by Gasteiger charge is 2.23. The summed E-state index contributed by atoms with van der Waals surface area (Å²) >= 11 is 0. The van der Waals surface area contributed by atoms with Crippen molar-refractivity contribution >= 4 is 31.8 Å². The van der Waals surface area contributed by atoms with Gasteiger partial charge in [0.1, 0.15) is 0 Å². The third-order valence-corrected chi connectivity index (χ3v) is 9.35. The minimum atomic E-state index is -3.78. The highest BCUT2D eigenvalue weighted by atomic mass is 32.2. The average molecular weight is 545 g/mol. The number of rotatable bonds is 12. The zero-order valence-electron chi connectivity index (χ0n) is 20.5. The van der Waals surface area contributed by atoms with E-state index in [1.807, 2.05) is 0 Å². The maximum Gasteiger partial charge on any atom is 0.322 e. The molecule has 0 aliphatic heterocycles. The Hall–Kier alpha value is -3.61. The fraction of sp³-hybridized carbons (Fsp3) is 0.240. The number of carbonyl (C=O) groups excluding carboxylic acids is 1. The minimum Gasteiger partial charge on any atom is -0.407 e. The van der Waals surface area contributed by atoms with Crippen LogP contribution in [-0.4, -0.2) is 55.6 Å². The van der Waals surface area contributed by atoms with Crippen LogP contribution in [-0.2, 0) is 26.3 Å². The van der Waals surface area contributed by atoms with Crippen molar-refractivity contribution in [3.05, 3.63) is 90.9 Å². The van der Waals surface area contributed by atoms with Crippen LogP contribution in [0.1, 0.15) is 35.7 Å². The summed E-state index contributed by atoms with van der Waals surface area (Å²) in [5.41, 5.74) is 0.947. The molecule has 0 aliphatic rings. The Morgan fingerprint density at radius 2 is 1.51 bits per heavy atom. The quantitative estimate of drug-likeness (QED) is 0.342. The number of hydrogen-bond acceptors (Lipinski definition) is 8. The summed E-state index contributed by atoms with van der Waals surface area (Å²) in [4.78, 5) is 12.8. The number of anilines is 1. The van der Waals surface area contributed by atoms with Crippen molar-refractivity contribution in [2.45, 2.75) is 35.3 Å². The normalized spacial score (nSPS) is 12.0. The molecule has 1 amide bonds. The maximum absolute atomic E-state index is 12.8. The molecule has 37 heavy (non-hydrogen) atoms. The molecule has 196 valence electrons. The van der Waals surface area contributed by atoms with Crippen LogP contribution < -0.4 is 5.32 Å². The molecule has 0 saturated heterocycles. The van der Waals surface area contributed by atoms with Crippen LogP contribution in [0.2, 0.25) is 0 Å². The Labute approximate surface area is 216 Å². The Morgan fingerprint density at radius 3 is 2.05 bits per heavy atom. The number of carbonyl (C=O) groups is 1. The van der Waals surface area contributed by atoms with Gasteiger partial charge in [-0.05, 0) is 55.8 Å². The Balaban J connectivity index is 1.66. The molecule has 0 aliphatic carbocycles.